The predicted octanol–water partition coefficient (Wildman–Crippen LogP) is 2.04. The number of allylic oxidation sites excluding steroid dienone is 1. The Balaban J connectivity index is 3.31. The van der Waals surface area contributed by atoms with Gasteiger partial charge in [0.15, 0.2) is 5.75 Å². The number of benzene rings is 1. The maximum absolute atomic E-state index is 10.6. The van der Waals surface area contributed by atoms with Crippen molar-refractivity contribution in [3.05, 3.63) is 40.5 Å². The zero-order chi connectivity index (χ0) is 11.4. The largest absolute Gasteiger partial charge is 0.500 e. The minimum Gasteiger partial charge on any atom is -0.500 e. The molecule has 0 heterocycles. The van der Waals surface area contributed by atoms with E-state index in [0.29, 0.717) is 12.0 Å². The number of rotatable bonds is 4. The molecule has 0 aliphatic carbocycles. The Bertz CT molecular complexity index is 401. The molecule has 1 rings (SSSR count). The third-order valence-corrected chi connectivity index (χ3v) is 1.91. The predicted molar refractivity (Wildman–Crippen MR) is 55.2 cm³/mol. The summed E-state index contributed by atoms with van der Waals surface area (Å²) in [5.41, 5.74) is 0.317. The molecule has 5 heteroatoms. The van der Waals surface area contributed by atoms with Gasteiger partial charge in [0, 0.05) is 6.07 Å². The highest BCUT2D eigenvalue weighted by Gasteiger charge is 2.19. The molecule has 0 fully saturated rings. The maximum atomic E-state index is 10.6. The minimum atomic E-state index is -0.648. The van der Waals surface area contributed by atoms with Crippen molar-refractivity contribution in [2.45, 2.75) is 6.42 Å². The molecule has 15 heavy (non-hydrogen) atoms. The molecule has 80 valence electrons. The van der Waals surface area contributed by atoms with Crippen molar-refractivity contribution in [3.63, 3.8) is 0 Å². The van der Waals surface area contributed by atoms with Crippen LogP contribution in [0.4, 0.5) is 5.69 Å². The van der Waals surface area contributed by atoms with Crippen LogP contribution < -0.4 is 4.74 Å². The van der Waals surface area contributed by atoms with Gasteiger partial charge in [-0.1, -0.05) is 6.08 Å². The Morgan fingerprint density at radius 1 is 1.67 bits per heavy atom. The van der Waals surface area contributed by atoms with Gasteiger partial charge in [-0.15, -0.1) is 6.58 Å². The Labute approximate surface area is 86.8 Å². The number of phenols is 1. The summed E-state index contributed by atoms with van der Waals surface area (Å²) < 4.78 is 4.83. The number of nitro groups is 1. The van der Waals surface area contributed by atoms with E-state index in [9.17, 15) is 15.2 Å². The van der Waals surface area contributed by atoms with Gasteiger partial charge in [0.25, 0.3) is 0 Å². The van der Waals surface area contributed by atoms with Gasteiger partial charge >= 0.3 is 5.69 Å². The van der Waals surface area contributed by atoms with Gasteiger partial charge in [0.2, 0.25) is 5.75 Å². The van der Waals surface area contributed by atoms with Crippen LogP contribution in [0.3, 0.4) is 0 Å². The van der Waals surface area contributed by atoms with Crippen LogP contribution in [0.5, 0.6) is 11.5 Å². The first-order chi connectivity index (χ1) is 7.10. The minimum absolute atomic E-state index is 0.0982. The lowest BCUT2D eigenvalue weighted by atomic mass is 10.1. The number of hydrogen-bond donors (Lipinski definition) is 1. The summed E-state index contributed by atoms with van der Waals surface area (Å²) >= 11 is 0. The maximum Gasteiger partial charge on any atom is 0.314 e. The molecular weight excluding hydrogens is 198 g/mol. The van der Waals surface area contributed by atoms with E-state index < -0.39 is 10.7 Å². The first kappa shape index (κ1) is 11.0. The first-order valence-electron chi connectivity index (χ1n) is 4.25. The fourth-order valence-corrected chi connectivity index (χ4v) is 1.23. The highest BCUT2D eigenvalue weighted by atomic mass is 16.6. The van der Waals surface area contributed by atoms with Gasteiger partial charge in [0.1, 0.15) is 0 Å². The molecule has 5 nitrogen and oxygen atoms in total. The molecule has 0 aliphatic rings. The molecule has 0 bridgehead atoms. The topological polar surface area (TPSA) is 72.6 Å². The summed E-state index contributed by atoms with van der Waals surface area (Å²) in [6.45, 7) is 3.54. The molecule has 0 radical (unpaired) electrons. The van der Waals surface area contributed by atoms with Gasteiger partial charge in [-0.3, -0.25) is 10.1 Å². The summed E-state index contributed by atoms with van der Waals surface area (Å²) in [4.78, 5) is 9.96. The van der Waals surface area contributed by atoms with Crippen molar-refractivity contribution in [1.82, 2.24) is 0 Å². The Hall–Kier alpha value is -2.04. The van der Waals surface area contributed by atoms with E-state index in [1.807, 2.05) is 0 Å². The summed E-state index contributed by atoms with van der Waals surface area (Å²) in [6.07, 6.45) is 2.10. The quantitative estimate of drug-likeness (QED) is 0.468. The lowest BCUT2D eigenvalue weighted by Gasteiger charge is -2.05. The van der Waals surface area contributed by atoms with Crippen LogP contribution >= 0.6 is 0 Å². The van der Waals surface area contributed by atoms with Crippen molar-refractivity contribution in [2.75, 3.05) is 7.11 Å². The van der Waals surface area contributed by atoms with Crippen molar-refractivity contribution in [1.29, 1.82) is 0 Å². The Morgan fingerprint density at radius 3 is 2.80 bits per heavy atom. The molecule has 1 N–H and O–H groups in total. The smallest absolute Gasteiger partial charge is 0.314 e. The average Bonchev–Trinajstić information content (AvgIpc) is 2.20. The zero-order valence-electron chi connectivity index (χ0n) is 8.27. The van der Waals surface area contributed by atoms with Crippen LogP contribution in [0.2, 0.25) is 0 Å². The number of hydrogen-bond acceptors (Lipinski definition) is 4. The molecule has 0 saturated carbocycles. The van der Waals surface area contributed by atoms with Crippen LogP contribution in [0.15, 0.2) is 24.8 Å². The molecule has 0 atom stereocenters. The fraction of sp³-hybridized carbons (Fsp3) is 0.200. The number of ether oxygens (including phenoxy) is 1. The lowest BCUT2D eigenvalue weighted by molar-refractivity contribution is -0.386. The molecule has 0 amide bonds. The molecular formula is C10H11NO4. The summed E-state index contributed by atoms with van der Waals surface area (Å²) in [5, 5.41) is 20.1. The molecule has 0 aliphatic heterocycles. The van der Waals surface area contributed by atoms with E-state index in [0.717, 1.165) is 0 Å². The summed E-state index contributed by atoms with van der Waals surface area (Å²) in [5.74, 6) is -0.351. The number of methoxy groups -OCH3 is 1. The number of phenolic OH excluding ortho intramolecular Hbond substituents is 1. The number of nitro benzene ring substituents is 1. The van der Waals surface area contributed by atoms with Gasteiger partial charge in [0.05, 0.1) is 12.0 Å². The van der Waals surface area contributed by atoms with Crippen LogP contribution in [0, 0.1) is 10.1 Å². The van der Waals surface area contributed by atoms with Crippen LogP contribution in [-0.4, -0.2) is 17.1 Å². The second-order valence-corrected chi connectivity index (χ2v) is 2.92. The second-order valence-electron chi connectivity index (χ2n) is 2.92. The van der Waals surface area contributed by atoms with E-state index in [2.05, 4.69) is 6.58 Å². The van der Waals surface area contributed by atoms with E-state index in [1.165, 1.54) is 13.2 Å². The summed E-state index contributed by atoms with van der Waals surface area (Å²) in [6, 6.07) is 2.85. The van der Waals surface area contributed by atoms with E-state index >= 15 is 0 Å². The number of aromatic hydroxyl groups is 1. The van der Waals surface area contributed by atoms with Crippen molar-refractivity contribution < 1.29 is 14.8 Å². The zero-order valence-corrected chi connectivity index (χ0v) is 8.27. The monoisotopic (exact) mass is 209 g/mol. The van der Waals surface area contributed by atoms with Gasteiger partial charge in [-0.25, -0.2) is 0 Å². The van der Waals surface area contributed by atoms with E-state index in [1.54, 1.807) is 12.1 Å². The molecule has 1 aromatic carbocycles. The van der Waals surface area contributed by atoms with Crippen LogP contribution in [-0.2, 0) is 6.42 Å². The lowest BCUT2D eigenvalue weighted by Crippen LogP contribution is -1.94. The molecule has 1 aromatic rings. The van der Waals surface area contributed by atoms with Gasteiger partial charge in [-0.05, 0) is 18.1 Å². The third-order valence-electron chi connectivity index (χ3n) is 1.91. The van der Waals surface area contributed by atoms with E-state index in [4.69, 9.17) is 4.74 Å². The third kappa shape index (κ3) is 2.25. The van der Waals surface area contributed by atoms with Gasteiger partial charge < -0.3 is 9.84 Å². The van der Waals surface area contributed by atoms with Crippen molar-refractivity contribution in [2.24, 2.45) is 0 Å². The fourth-order valence-electron chi connectivity index (χ4n) is 1.23. The highest BCUT2D eigenvalue weighted by Crippen LogP contribution is 2.36. The molecule has 0 spiro atoms. The summed E-state index contributed by atoms with van der Waals surface area (Å²) in [7, 11) is 1.34. The van der Waals surface area contributed by atoms with Crippen LogP contribution in [0.25, 0.3) is 0 Å². The first-order valence-corrected chi connectivity index (χ1v) is 4.25. The van der Waals surface area contributed by atoms with Crippen molar-refractivity contribution in [3.8, 4) is 11.5 Å². The Kier molecular flexibility index (Phi) is 3.28. The number of nitrogens with zero attached hydrogens (tertiary/aromatic N) is 1. The molecule has 0 unspecified atom stereocenters. The van der Waals surface area contributed by atoms with Gasteiger partial charge in [-0.2, -0.15) is 0 Å². The highest BCUT2D eigenvalue weighted by molar-refractivity contribution is 5.57. The van der Waals surface area contributed by atoms with Crippen LogP contribution in [0.1, 0.15) is 5.56 Å². The standard InChI is InChI=1S/C10H11NO4/c1-3-4-7-5-8(11(13)14)10(12)9(6-7)15-2/h3,5-6,12H,1,4H2,2H3. The Morgan fingerprint density at radius 2 is 2.33 bits per heavy atom. The normalized spacial score (nSPS) is 9.67. The SMILES string of the molecule is C=CCc1cc(OC)c(O)c([N+](=O)[O-])c1. The van der Waals surface area contributed by atoms with E-state index in [-0.39, 0.29) is 11.4 Å². The van der Waals surface area contributed by atoms with Crippen molar-refractivity contribution >= 4 is 5.69 Å². The molecule has 0 aromatic heterocycles. The second kappa shape index (κ2) is 4.45. The molecule has 0 saturated heterocycles. The average molecular weight is 209 g/mol.